The van der Waals surface area contributed by atoms with Crippen LogP contribution in [0.2, 0.25) is 5.02 Å². The highest BCUT2D eigenvalue weighted by atomic mass is 35.5. The number of hydrogen-bond donors (Lipinski definition) is 0. The van der Waals surface area contributed by atoms with E-state index in [1.54, 1.807) is 0 Å². The Balaban J connectivity index is 1.76. The van der Waals surface area contributed by atoms with Crippen molar-refractivity contribution in [1.82, 2.24) is 4.90 Å². The molecule has 0 unspecified atom stereocenters. The minimum Gasteiger partial charge on any atom is -0.347 e. The van der Waals surface area contributed by atoms with E-state index in [1.165, 1.54) is 43.0 Å². The van der Waals surface area contributed by atoms with Crippen molar-refractivity contribution in [3.63, 3.8) is 0 Å². The van der Waals surface area contributed by atoms with Crippen LogP contribution in [-0.2, 0) is 0 Å². The van der Waals surface area contributed by atoms with Gasteiger partial charge < -0.3 is 4.90 Å². The van der Waals surface area contributed by atoms with Crippen LogP contribution in [0, 0.1) is 0 Å². The van der Waals surface area contributed by atoms with E-state index in [4.69, 9.17) is 16.6 Å². The fourth-order valence-electron chi connectivity index (χ4n) is 2.87. The molecule has 1 aromatic rings. The summed E-state index contributed by atoms with van der Waals surface area (Å²) >= 11 is 7.80. The Morgan fingerprint density at radius 2 is 1.84 bits per heavy atom. The molecule has 1 aliphatic carbocycles. The van der Waals surface area contributed by atoms with E-state index in [0.717, 1.165) is 23.3 Å². The van der Waals surface area contributed by atoms with Crippen LogP contribution in [0.3, 0.4) is 0 Å². The minimum atomic E-state index is 0.717. The van der Waals surface area contributed by atoms with E-state index in [-0.39, 0.29) is 0 Å². The predicted molar refractivity (Wildman–Crippen MR) is 84.6 cm³/mol. The molecule has 0 N–H and O–H groups in total. The Kier molecular flexibility index (Phi) is 4.34. The standard InChI is InChI=1S/C15H19ClN2S/c16-12-6-8-13(9-7-12)17-15-18(10-11-19-15)14-4-2-1-3-5-14/h6-9,14H,1-5,10-11H2. The lowest BCUT2D eigenvalue weighted by molar-refractivity contribution is 0.261. The van der Waals surface area contributed by atoms with Crippen LogP contribution >= 0.6 is 23.4 Å². The topological polar surface area (TPSA) is 15.6 Å². The van der Waals surface area contributed by atoms with Crippen LogP contribution in [0.1, 0.15) is 32.1 Å². The molecule has 0 bridgehead atoms. The lowest BCUT2D eigenvalue weighted by Crippen LogP contribution is -2.37. The van der Waals surface area contributed by atoms with Crippen LogP contribution in [0.25, 0.3) is 0 Å². The van der Waals surface area contributed by atoms with Crippen molar-refractivity contribution in [1.29, 1.82) is 0 Å². The summed E-state index contributed by atoms with van der Waals surface area (Å²) in [5.74, 6) is 1.17. The average Bonchev–Trinajstić information content (AvgIpc) is 2.90. The van der Waals surface area contributed by atoms with Gasteiger partial charge in [0.25, 0.3) is 0 Å². The van der Waals surface area contributed by atoms with Gasteiger partial charge in [0.1, 0.15) is 0 Å². The van der Waals surface area contributed by atoms with Crippen LogP contribution in [0.5, 0.6) is 0 Å². The number of hydrogen-bond acceptors (Lipinski definition) is 2. The smallest absolute Gasteiger partial charge is 0.164 e. The second-order valence-corrected chi connectivity index (χ2v) is 6.70. The van der Waals surface area contributed by atoms with Crippen molar-refractivity contribution in [2.75, 3.05) is 12.3 Å². The molecule has 1 heterocycles. The molecule has 2 fully saturated rings. The summed E-state index contributed by atoms with van der Waals surface area (Å²) in [6.07, 6.45) is 6.82. The normalized spacial score (nSPS) is 23.2. The van der Waals surface area contributed by atoms with Gasteiger partial charge >= 0.3 is 0 Å². The Bertz CT molecular complexity index is 452. The van der Waals surface area contributed by atoms with Gasteiger partial charge in [-0.15, -0.1) is 0 Å². The molecule has 0 atom stereocenters. The van der Waals surface area contributed by atoms with Gasteiger partial charge in [0, 0.05) is 23.4 Å². The van der Waals surface area contributed by atoms with Gasteiger partial charge in [0.15, 0.2) is 5.17 Å². The first kappa shape index (κ1) is 13.3. The fourth-order valence-corrected chi connectivity index (χ4v) is 4.04. The maximum Gasteiger partial charge on any atom is 0.164 e. The summed E-state index contributed by atoms with van der Waals surface area (Å²) < 4.78 is 0. The Morgan fingerprint density at radius 3 is 2.58 bits per heavy atom. The van der Waals surface area contributed by atoms with Crippen LogP contribution in [-0.4, -0.2) is 28.4 Å². The monoisotopic (exact) mass is 294 g/mol. The third kappa shape index (κ3) is 3.26. The van der Waals surface area contributed by atoms with Gasteiger partial charge in [-0.3, -0.25) is 0 Å². The highest BCUT2D eigenvalue weighted by molar-refractivity contribution is 8.14. The second-order valence-electron chi connectivity index (χ2n) is 5.20. The van der Waals surface area contributed by atoms with Crippen LogP contribution in [0.15, 0.2) is 29.3 Å². The molecule has 1 aromatic carbocycles. The molecule has 1 saturated heterocycles. The largest absolute Gasteiger partial charge is 0.347 e. The van der Waals surface area contributed by atoms with Crippen LogP contribution in [0.4, 0.5) is 5.69 Å². The lowest BCUT2D eigenvalue weighted by atomic mass is 9.94. The summed E-state index contributed by atoms with van der Waals surface area (Å²) in [7, 11) is 0. The molecule has 0 spiro atoms. The van der Waals surface area contributed by atoms with Crippen molar-refractivity contribution in [3.8, 4) is 0 Å². The number of halogens is 1. The number of benzene rings is 1. The third-order valence-electron chi connectivity index (χ3n) is 3.88. The molecule has 3 rings (SSSR count). The molecular formula is C15H19ClN2S. The highest BCUT2D eigenvalue weighted by Gasteiger charge is 2.28. The van der Waals surface area contributed by atoms with Crippen LogP contribution < -0.4 is 0 Å². The first-order valence-corrected chi connectivity index (χ1v) is 8.43. The number of nitrogens with zero attached hydrogens (tertiary/aromatic N) is 2. The van der Waals surface area contributed by atoms with E-state index in [2.05, 4.69) is 4.90 Å². The number of amidine groups is 1. The molecule has 2 nitrogen and oxygen atoms in total. The van der Waals surface area contributed by atoms with Gasteiger partial charge in [-0.05, 0) is 37.1 Å². The number of thioether (sulfide) groups is 1. The van der Waals surface area contributed by atoms with Gasteiger partial charge in [-0.25, -0.2) is 4.99 Å². The molecule has 0 radical (unpaired) electrons. The molecule has 0 aromatic heterocycles. The summed E-state index contributed by atoms with van der Waals surface area (Å²) in [5.41, 5.74) is 1.01. The minimum absolute atomic E-state index is 0.717. The maximum atomic E-state index is 5.91. The maximum absolute atomic E-state index is 5.91. The average molecular weight is 295 g/mol. The summed E-state index contributed by atoms with van der Waals surface area (Å²) in [4.78, 5) is 7.33. The zero-order valence-corrected chi connectivity index (χ0v) is 12.6. The molecule has 1 aliphatic heterocycles. The van der Waals surface area contributed by atoms with E-state index in [0.29, 0.717) is 0 Å². The van der Waals surface area contributed by atoms with Gasteiger partial charge in [0.05, 0.1) is 5.69 Å². The van der Waals surface area contributed by atoms with Gasteiger partial charge in [-0.1, -0.05) is 42.6 Å². The van der Waals surface area contributed by atoms with E-state index in [1.807, 2.05) is 36.0 Å². The van der Waals surface area contributed by atoms with E-state index >= 15 is 0 Å². The molecule has 102 valence electrons. The molecular weight excluding hydrogens is 276 g/mol. The van der Waals surface area contributed by atoms with E-state index < -0.39 is 0 Å². The summed E-state index contributed by atoms with van der Waals surface area (Å²) in [6.45, 7) is 1.15. The number of rotatable bonds is 2. The third-order valence-corrected chi connectivity index (χ3v) is 5.10. The zero-order chi connectivity index (χ0) is 13.1. The van der Waals surface area contributed by atoms with Crippen molar-refractivity contribution >= 4 is 34.2 Å². The second kappa shape index (κ2) is 6.19. The molecule has 2 aliphatic rings. The predicted octanol–water partition coefficient (Wildman–Crippen LogP) is 4.71. The highest BCUT2D eigenvalue weighted by Crippen LogP contribution is 2.30. The molecule has 19 heavy (non-hydrogen) atoms. The Hall–Kier alpha value is -0.670. The van der Waals surface area contributed by atoms with Crippen molar-refractivity contribution in [2.45, 2.75) is 38.1 Å². The summed E-state index contributed by atoms with van der Waals surface area (Å²) in [5, 5.41) is 1.97. The molecule has 1 saturated carbocycles. The zero-order valence-electron chi connectivity index (χ0n) is 11.0. The quantitative estimate of drug-likeness (QED) is 0.785. The lowest BCUT2D eigenvalue weighted by Gasteiger charge is -2.32. The SMILES string of the molecule is Clc1ccc(N=C2SCCN2C2CCCCC2)cc1. The Labute approximate surface area is 124 Å². The fraction of sp³-hybridized carbons (Fsp3) is 0.533. The molecule has 4 heteroatoms. The van der Waals surface area contributed by atoms with Crippen molar-refractivity contribution in [2.24, 2.45) is 4.99 Å². The molecule has 0 amide bonds. The van der Waals surface area contributed by atoms with E-state index in [9.17, 15) is 0 Å². The first-order valence-electron chi connectivity index (χ1n) is 7.06. The first-order chi connectivity index (χ1) is 9.33. The summed E-state index contributed by atoms with van der Waals surface area (Å²) in [6, 6.07) is 8.52. The number of aliphatic imine (C=N–C) groups is 1. The van der Waals surface area contributed by atoms with Gasteiger partial charge in [0.2, 0.25) is 0 Å². The Morgan fingerprint density at radius 1 is 1.11 bits per heavy atom. The van der Waals surface area contributed by atoms with Crippen molar-refractivity contribution < 1.29 is 0 Å². The van der Waals surface area contributed by atoms with Crippen molar-refractivity contribution in [3.05, 3.63) is 29.3 Å². The van der Waals surface area contributed by atoms with Gasteiger partial charge in [-0.2, -0.15) is 0 Å².